The predicted octanol–water partition coefficient (Wildman–Crippen LogP) is 0.733. The second-order valence-corrected chi connectivity index (χ2v) is 5.27. The Labute approximate surface area is 126 Å². The van der Waals surface area contributed by atoms with Gasteiger partial charge in [-0.25, -0.2) is 0 Å². The van der Waals surface area contributed by atoms with Crippen LogP contribution in [0.2, 0.25) is 0 Å². The van der Waals surface area contributed by atoms with Crippen molar-refractivity contribution in [3.8, 4) is 0 Å². The number of carbonyl (C=O) groups is 2. The first-order valence-corrected chi connectivity index (χ1v) is 6.76. The number of hydrogen-bond donors (Lipinski definition) is 3. The number of rotatable bonds is 3. The van der Waals surface area contributed by atoms with E-state index in [4.69, 9.17) is 0 Å². The Morgan fingerprint density at radius 2 is 2.00 bits per heavy atom. The summed E-state index contributed by atoms with van der Waals surface area (Å²) in [5.74, 6) is -2.35. The maximum absolute atomic E-state index is 12.5. The van der Waals surface area contributed by atoms with E-state index in [1.807, 2.05) is 5.32 Å². The van der Waals surface area contributed by atoms with E-state index in [9.17, 15) is 22.8 Å². The molecule has 3 atom stereocenters. The molecule has 0 saturated carbocycles. The van der Waals surface area contributed by atoms with Crippen LogP contribution in [0.5, 0.6) is 0 Å². The highest BCUT2D eigenvalue weighted by Gasteiger charge is 2.45. The fourth-order valence-corrected chi connectivity index (χ4v) is 2.58. The van der Waals surface area contributed by atoms with Crippen LogP contribution >= 0.6 is 12.4 Å². The largest absolute Gasteiger partial charge is 0.408 e. The number of alkyl halides is 3. The molecular formula is C12H19ClF3N3O2. The molecular weight excluding hydrogens is 311 g/mol. The minimum atomic E-state index is -4.45. The summed E-state index contributed by atoms with van der Waals surface area (Å²) in [4.78, 5) is 23.4. The summed E-state index contributed by atoms with van der Waals surface area (Å²) in [5.41, 5.74) is 0. The van der Waals surface area contributed by atoms with Crippen LogP contribution in [0.1, 0.15) is 25.7 Å². The highest BCUT2D eigenvalue weighted by Crippen LogP contribution is 2.28. The Bertz CT molecular complexity index is 386. The van der Waals surface area contributed by atoms with Crippen LogP contribution in [0.25, 0.3) is 0 Å². The molecule has 0 aromatic carbocycles. The molecule has 0 bridgehead atoms. The Balaban J connectivity index is 0.00000220. The summed E-state index contributed by atoms with van der Waals surface area (Å²) < 4.78 is 37.4. The van der Waals surface area contributed by atoms with Gasteiger partial charge in [-0.2, -0.15) is 13.2 Å². The van der Waals surface area contributed by atoms with Crippen LogP contribution in [-0.4, -0.2) is 43.2 Å². The molecule has 2 heterocycles. The van der Waals surface area contributed by atoms with Gasteiger partial charge < -0.3 is 16.0 Å². The molecule has 2 saturated heterocycles. The van der Waals surface area contributed by atoms with E-state index in [0.29, 0.717) is 6.54 Å². The Kier molecular flexibility index (Phi) is 6.27. The van der Waals surface area contributed by atoms with Crippen molar-refractivity contribution in [3.05, 3.63) is 0 Å². The first kappa shape index (κ1) is 18.0. The summed E-state index contributed by atoms with van der Waals surface area (Å²) in [6.07, 6.45) is -2.79. The van der Waals surface area contributed by atoms with Gasteiger partial charge in [-0.15, -0.1) is 12.4 Å². The first-order valence-electron chi connectivity index (χ1n) is 6.76. The van der Waals surface area contributed by atoms with Crippen molar-refractivity contribution in [3.63, 3.8) is 0 Å². The Morgan fingerprint density at radius 1 is 1.29 bits per heavy atom. The number of hydrogen-bond acceptors (Lipinski definition) is 3. The van der Waals surface area contributed by atoms with Crippen LogP contribution in [0, 0.1) is 5.92 Å². The normalized spacial score (nSPS) is 29.5. The summed E-state index contributed by atoms with van der Waals surface area (Å²) in [6, 6.07) is -1.65. The smallest absolute Gasteiger partial charge is 0.354 e. The molecule has 2 fully saturated rings. The van der Waals surface area contributed by atoms with Gasteiger partial charge in [0, 0.05) is 12.6 Å². The first-order chi connectivity index (χ1) is 9.38. The molecule has 3 N–H and O–H groups in total. The summed E-state index contributed by atoms with van der Waals surface area (Å²) >= 11 is 0. The third-order valence-electron chi connectivity index (χ3n) is 3.77. The number of halogens is 4. The lowest BCUT2D eigenvalue weighted by Gasteiger charge is -2.30. The van der Waals surface area contributed by atoms with E-state index in [0.717, 1.165) is 19.4 Å². The highest BCUT2D eigenvalue weighted by atomic mass is 35.5. The number of amides is 2. The van der Waals surface area contributed by atoms with Crippen molar-refractivity contribution < 1.29 is 22.8 Å². The van der Waals surface area contributed by atoms with Crippen LogP contribution in [0.3, 0.4) is 0 Å². The summed E-state index contributed by atoms with van der Waals surface area (Å²) in [6.45, 7) is 1.31. The molecule has 0 aromatic heterocycles. The second-order valence-electron chi connectivity index (χ2n) is 5.27. The third kappa shape index (κ3) is 4.74. The molecule has 0 spiro atoms. The van der Waals surface area contributed by atoms with Gasteiger partial charge in [-0.05, 0) is 32.2 Å². The zero-order valence-corrected chi connectivity index (χ0v) is 12.1. The molecule has 5 nitrogen and oxygen atoms in total. The van der Waals surface area contributed by atoms with Crippen LogP contribution in [0.4, 0.5) is 13.2 Å². The lowest BCUT2D eigenvalue weighted by atomic mass is 9.92. The SMILES string of the molecule is Cl.O=C(NCC1CCCN1)C1CCC(C(F)(F)F)NC1=O. The third-order valence-corrected chi connectivity index (χ3v) is 3.77. The molecule has 2 rings (SSSR count). The average molecular weight is 330 g/mol. The molecule has 0 aliphatic carbocycles. The van der Waals surface area contributed by atoms with Gasteiger partial charge in [0.05, 0.1) is 0 Å². The number of nitrogens with one attached hydrogen (secondary N) is 3. The van der Waals surface area contributed by atoms with Crippen molar-refractivity contribution >= 4 is 24.2 Å². The van der Waals surface area contributed by atoms with Crippen molar-refractivity contribution in [1.29, 1.82) is 0 Å². The van der Waals surface area contributed by atoms with Crippen molar-refractivity contribution in [2.75, 3.05) is 13.1 Å². The van der Waals surface area contributed by atoms with Gasteiger partial charge >= 0.3 is 6.18 Å². The quantitative estimate of drug-likeness (QED) is 0.669. The van der Waals surface area contributed by atoms with E-state index in [-0.39, 0.29) is 31.3 Å². The molecule has 0 aromatic rings. The summed E-state index contributed by atoms with van der Waals surface area (Å²) in [7, 11) is 0. The van der Waals surface area contributed by atoms with Crippen molar-refractivity contribution in [2.24, 2.45) is 5.92 Å². The lowest BCUT2D eigenvalue weighted by molar-refractivity contribution is -0.171. The van der Waals surface area contributed by atoms with E-state index in [1.54, 1.807) is 0 Å². The molecule has 3 unspecified atom stereocenters. The molecule has 21 heavy (non-hydrogen) atoms. The zero-order chi connectivity index (χ0) is 14.8. The fraction of sp³-hybridized carbons (Fsp3) is 0.833. The topological polar surface area (TPSA) is 70.2 Å². The highest BCUT2D eigenvalue weighted by molar-refractivity contribution is 6.00. The maximum atomic E-state index is 12.5. The monoisotopic (exact) mass is 329 g/mol. The molecule has 122 valence electrons. The van der Waals surface area contributed by atoms with Crippen LogP contribution < -0.4 is 16.0 Å². The molecule has 2 aliphatic rings. The van der Waals surface area contributed by atoms with Gasteiger partial charge in [0.25, 0.3) is 0 Å². The minimum Gasteiger partial charge on any atom is -0.354 e. The van der Waals surface area contributed by atoms with Crippen molar-refractivity contribution in [2.45, 2.75) is 43.9 Å². The van der Waals surface area contributed by atoms with E-state index < -0.39 is 30.0 Å². The maximum Gasteiger partial charge on any atom is 0.408 e. The standard InChI is InChI=1S/C12H18F3N3O2.ClH/c13-12(14,15)9-4-3-8(11(20)18-9)10(19)17-6-7-2-1-5-16-7;/h7-9,16H,1-6H2,(H,17,19)(H,18,20);1H. The van der Waals surface area contributed by atoms with Crippen LogP contribution in [0.15, 0.2) is 0 Å². The van der Waals surface area contributed by atoms with Gasteiger partial charge in [-0.1, -0.05) is 0 Å². The van der Waals surface area contributed by atoms with Gasteiger partial charge in [-0.3, -0.25) is 9.59 Å². The minimum absolute atomic E-state index is 0. The fourth-order valence-electron chi connectivity index (χ4n) is 2.58. The summed E-state index contributed by atoms with van der Waals surface area (Å²) in [5, 5.41) is 7.70. The number of piperidine rings is 1. The van der Waals surface area contributed by atoms with Gasteiger partial charge in [0.15, 0.2) is 0 Å². The molecule has 0 radical (unpaired) electrons. The van der Waals surface area contributed by atoms with Gasteiger partial charge in [0.1, 0.15) is 12.0 Å². The Hall–Kier alpha value is -1.02. The molecule has 2 amide bonds. The van der Waals surface area contributed by atoms with Gasteiger partial charge in [0.2, 0.25) is 11.8 Å². The predicted molar refractivity (Wildman–Crippen MR) is 72.0 cm³/mol. The Morgan fingerprint density at radius 3 is 2.52 bits per heavy atom. The number of carbonyl (C=O) groups excluding carboxylic acids is 2. The average Bonchev–Trinajstić information content (AvgIpc) is 2.87. The van der Waals surface area contributed by atoms with E-state index in [1.165, 1.54) is 0 Å². The second kappa shape index (κ2) is 7.31. The lowest BCUT2D eigenvalue weighted by Crippen LogP contribution is -2.55. The molecule has 2 aliphatic heterocycles. The van der Waals surface area contributed by atoms with Crippen LogP contribution in [-0.2, 0) is 9.59 Å². The van der Waals surface area contributed by atoms with E-state index in [2.05, 4.69) is 10.6 Å². The van der Waals surface area contributed by atoms with E-state index >= 15 is 0 Å². The zero-order valence-electron chi connectivity index (χ0n) is 11.3. The molecule has 9 heteroatoms. The van der Waals surface area contributed by atoms with Crippen molar-refractivity contribution in [1.82, 2.24) is 16.0 Å².